The van der Waals surface area contributed by atoms with Crippen molar-refractivity contribution in [1.29, 1.82) is 0 Å². The fourth-order valence-corrected chi connectivity index (χ4v) is 1.96. The van der Waals surface area contributed by atoms with Crippen LogP contribution in [-0.4, -0.2) is 25.5 Å². The molecule has 0 saturated carbocycles. The predicted molar refractivity (Wildman–Crippen MR) is 73.1 cm³/mol. The number of nitrogens with zero attached hydrogens (tertiary/aromatic N) is 4. The van der Waals surface area contributed by atoms with Crippen molar-refractivity contribution in [1.82, 2.24) is 24.9 Å². The standard InChI is InChI=1S/C14H13N5O/c1-10-8-13-16-7-4-12(19(13)18-10)14(20)17-9-11-2-5-15-6-3-11/h2-8H,9H2,1H3,(H,17,20). The van der Waals surface area contributed by atoms with Gasteiger partial charge in [0.2, 0.25) is 0 Å². The lowest BCUT2D eigenvalue weighted by Crippen LogP contribution is -2.25. The molecular weight excluding hydrogens is 254 g/mol. The van der Waals surface area contributed by atoms with Crippen LogP contribution >= 0.6 is 0 Å². The van der Waals surface area contributed by atoms with Crippen molar-refractivity contribution >= 4 is 11.6 Å². The van der Waals surface area contributed by atoms with Crippen LogP contribution in [0.15, 0.2) is 42.9 Å². The van der Waals surface area contributed by atoms with E-state index in [1.807, 2.05) is 25.1 Å². The first-order valence-corrected chi connectivity index (χ1v) is 6.22. The molecule has 100 valence electrons. The molecular formula is C14H13N5O. The van der Waals surface area contributed by atoms with Crippen LogP contribution in [0.5, 0.6) is 0 Å². The summed E-state index contributed by atoms with van der Waals surface area (Å²) in [4.78, 5) is 20.3. The van der Waals surface area contributed by atoms with Crippen LogP contribution in [0.2, 0.25) is 0 Å². The largest absolute Gasteiger partial charge is 0.347 e. The Bertz CT molecular complexity index is 751. The lowest BCUT2D eigenvalue weighted by molar-refractivity contribution is 0.0943. The molecule has 1 N–H and O–H groups in total. The molecule has 0 aliphatic heterocycles. The average Bonchev–Trinajstić information content (AvgIpc) is 2.85. The molecule has 6 heteroatoms. The van der Waals surface area contributed by atoms with E-state index in [-0.39, 0.29) is 5.91 Å². The number of aromatic nitrogens is 4. The van der Waals surface area contributed by atoms with Gasteiger partial charge in [-0.15, -0.1) is 0 Å². The molecule has 0 aliphatic carbocycles. The van der Waals surface area contributed by atoms with E-state index < -0.39 is 0 Å². The summed E-state index contributed by atoms with van der Waals surface area (Å²) >= 11 is 0. The van der Waals surface area contributed by atoms with Crippen LogP contribution in [-0.2, 0) is 6.54 Å². The van der Waals surface area contributed by atoms with Crippen LogP contribution in [0.3, 0.4) is 0 Å². The fraction of sp³-hybridized carbons (Fsp3) is 0.143. The molecule has 3 heterocycles. The zero-order valence-electron chi connectivity index (χ0n) is 10.9. The third kappa shape index (κ3) is 2.35. The fourth-order valence-electron chi connectivity index (χ4n) is 1.96. The minimum absolute atomic E-state index is 0.183. The van der Waals surface area contributed by atoms with Crippen LogP contribution in [0, 0.1) is 6.92 Å². The number of pyridine rings is 1. The number of aryl methyl sites for hydroxylation is 1. The number of nitrogens with one attached hydrogen (secondary N) is 1. The molecule has 1 amide bonds. The maximum atomic E-state index is 12.2. The number of carbonyl (C=O) groups excluding carboxylic acids is 1. The lowest BCUT2D eigenvalue weighted by atomic mass is 10.2. The molecule has 0 unspecified atom stereocenters. The van der Waals surface area contributed by atoms with Crippen molar-refractivity contribution in [3.8, 4) is 0 Å². The van der Waals surface area contributed by atoms with Gasteiger partial charge >= 0.3 is 0 Å². The second kappa shape index (κ2) is 5.08. The SMILES string of the molecule is Cc1cc2nccc(C(=O)NCc3ccncc3)n2n1. The molecule has 0 aromatic carbocycles. The summed E-state index contributed by atoms with van der Waals surface area (Å²) < 4.78 is 1.55. The second-order valence-electron chi connectivity index (χ2n) is 4.42. The molecule has 0 fully saturated rings. The number of hydrogen-bond acceptors (Lipinski definition) is 4. The van der Waals surface area contributed by atoms with Crippen LogP contribution in [0.1, 0.15) is 21.7 Å². The minimum Gasteiger partial charge on any atom is -0.347 e. The Hall–Kier alpha value is -2.76. The van der Waals surface area contributed by atoms with Crippen molar-refractivity contribution in [2.75, 3.05) is 0 Å². The van der Waals surface area contributed by atoms with E-state index in [1.165, 1.54) is 0 Å². The van der Waals surface area contributed by atoms with Crippen molar-refractivity contribution < 1.29 is 4.79 Å². The van der Waals surface area contributed by atoms with E-state index >= 15 is 0 Å². The first-order chi connectivity index (χ1) is 9.74. The first kappa shape index (κ1) is 12.3. The zero-order chi connectivity index (χ0) is 13.9. The van der Waals surface area contributed by atoms with Crippen molar-refractivity contribution in [2.45, 2.75) is 13.5 Å². The maximum Gasteiger partial charge on any atom is 0.270 e. The molecule has 3 aromatic rings. The van der Waals surface area contributed by atoms with Crippen LogP contribution < -0.4 is 5.32 Å². The van der Waals surface area contributed by atoms with E-state index in [0.29, 0.717) is 17.9 Å². The Morgan fingerprint density at radius 3 is 2.85 bits per heavy atom. The van der Waals surface area contributed by atoms with E-state index in [1.54, 1.807) is 29.2 Å². The highest BCUT2D eigenvalue weighted by atomic mass is 16.1. The molecule has 3 rings (SSSR count). The minimum atomic E-state index is -0.183. The van der Waals surface area contributed by atoms with E-state index in [0.717, 1.165) is 11.3 Å². The summed E-state index contributed by atoms with van der Waals surface area (Å²) in [5, 5.41) is 7.13. The van der Waals surface area contributed by atoms with Gasteiger partial charge in [0.25, 0.3) is 5.91 Å². The van der Waals surface area contributed by atoms with Crippen molar-refractivity contribution in [3.63, 3.8) is 0 Å². The van der Waals surface area contributed by atoms with Gasteiger partial charge in [0.15, 0.2) is 5.65 Å². The number of rotatable bonds is 3. The summed E-state index contributed by atoms with van der Waals surface area (Å²) in [6.45, 7) is 2.32. The average molecular weight is 267 g/mol. The molecule has 0 spiro atoms. The summed E-state index contributed by atoms with van der Waals surface area (Å²) in [7, 11) is 0. The lowest BCUT2D eigenvalue weighted by Gasteiger charge is -2.06. The number of amides is 1. The summed E-state index contributed by atoms with van der Waals surface area (Å²) in [6.07, 6.45) is 5.00. The third-order valence-corrected chi connectivity index (χ3v) is 2.92. The third-order valence-electron chi connectivity index (χ3n) is 2.92. The number of hydrogen-bond donors (Lipinski definition) is 1. The Labute approximate surface area is 115 Å². The highest BCUT2D eigenvalue weighted by Crippen LogP contribution is 2.06. The van der Waals surface area contributed by atoms with Crippen molar-refractivity contribution in [2.24, 2.45) is 0 Å². The highest BCUT2D eigenvalue weighted by Gasteiger charge is 2.11. The molecule has 0 atom stereocenters. The van der Waals surface area contributed by atoms with Gasteiger partial charge in [-0.05, 0) is 30.7 Å². The highest BCUT2D eigenvalue weighted by molar-refractivity contribution is 5.92. The summed E-state index contributed by atoms with van der Waals surface area (Å²) in [6, 6.07) is 7.21. The Morgan fingerprint density at radius 1 is 1.25 bits per heavy atom. The molecule has 20 heavy (non-hydrogen) atoms. The molecule has 0 bridgehead atoms. The van der Waals surface area contributed by atoms with Gasteiger partial charge < -0.3 is 5.32 Å². The van der Waals surface area contributed by atoms with Gasteiger partial charge in [-0.2, -0.15) is 5.10 Å². The number of fused-ring (bicyclic) bond motifs is 1. The molecule has 0 radical (unpaired) electrons. The van der Waals surface area contributed by atoms with Crippen molar-refractivity contribution in [3.05, 3.63) is 59.8 Å². The second-order valence-corrected chi connectivity index (χ2v) is 4.42. The van der Waals surface area contributed by atoms with Gasteiger partial charge in [0.05, 0.1) is 5.69 Å². The quantitative estimate of drug-likeness (QED) is 0.777. The van der Waals surface area contributed by atoms with Gasteiger partial charge in [-0.3, -0.25) is 9.78 Å². The summed E-state index contributed by atoms with van der Waals surface area (Å²) in [5.41, 5.74) is 2.96. The Kier molecular flexibility index (Phi) is 3.12. The number of carbonyl (C=O) groups is 1. The van der Waals surface area contributed by atoms with E-state index in [2.05, 4.69) is 20.4 Å². The van der Waals surface area contributed by atoms with E-state index in [4.69, 9.17) is 0 Å². The molecule has 0 saturated heterocycles. The summed E-state index contributed by atoms with van der Waals surface area (Å²) in [5.74, 6) is -0.183. The topological polar surface area (TPSA) is 72.2 Å². The first-order valence-electron chi connectivity index (χ1n) is 6.22. The normalized spacial score (nSPS) is 10.7. The van der Waals surface area contributed by atoms with Crippen LogP contribution in [0.4, 0.5) is 0 Å². The van der Waals surface area contributed by atoms with Gasteiger partial charge in [0.1, 0.15) is 5.69 Å². The van der Waals surface area contributed by atoms with E-state index in [9.17, 15) is 4.79 Å². The molecule has 0 aliphatic rings. The monoisotopic (exact) mass is 267 g/mol. The predicted octanol–water partition coefficient (Wildman–Crippen LogP) is 1.36. The van der Waals surface area contributed by atoms with Gasteiger partial charge in [0, 0.05) is 31.2 Å². The van der Waals surface area contributed by atoms with Gasteiger partial charge in [-0.25, -0.2) is 9.50 Å². The van der Waals surface area contributed by atoms with Crippen LogP contribution in [0.25, 0.3) is 5.65 Å². The maximum absolute atomic E-state index is 12.2. The molecule has 3 aromatic heterocycles. The zero-order valence-corrected chi connectivity index (χ0v) is 10.9. The molecule has 6 nitrogen and oxygen atoms in total. The van der Waals surface area contributed by atoms with Gasteiger partial charge in [-0.1, -0.05) is 0 Å². The smallest absolute Gasteiger partial charge is 0.270 e. The Balaban J connectivity index is 1.82. The Morgan fingerprint density at radius 2 is 2.05 bits per heavy atom.